The standard InChI is InChI=1S/C15H18O4/c1-10(9-16)14-8-12-7-11(3-5-13(12)19-14)4-6-15(17)18-2/h3-7,10,14,16H,8-9H2,1-2H3. The normalized spacial score (nSPS) is 19.0. The van der Waals surface area contributed by atoms with Crippen molar-refractivity contribution in [2.75, 3.05) is 13.7 Å². The molecule has 1 aromatic rings. The third-order valence-corrected chi connectivity index (χ3v) is 3.32. The predicted molar refractivity (Wildman–Crippen MR) is 71.9 cm³/mol. The minimum atomic E-state index is -0.372. The molecule has 0 amide bonds. The van der Waals surface area contributed by atoms with Crippen LogP contribution in [-0.4, -0.2) is 30.9 Å². The van der Waals surface area contributed by atoms with Crippen molar-refractivity contribution in [1.82, 2.24) is 0 Å². The van der Waals surface area contributed by atoms with E-state index in [0.29, 0.717) is 0 Å². The molecule has 102 valence electrons. The molecule has 0 fully saturated rings. The highest BCUT2D eigenvalue weighted by atomic mass is 16.5. The Morgan fingerprint density at radius 1 is 1.63 bits per heavy atom. The summed E-state index contributed by atoms with van der Waals surface area (Å²) in [6.07, 6.45) is 3.93. The Kier molecular flexibility index (Phi) is 4.22. The number of methoxy groups -OCH3 is 1. The maximum Gasteiger partial charge on any atom is 0.330 e. The smallest absolute Gasteiger partial charge is 0.330 e. The summed E-state index contributed by atoms with van der Waals surface area (Å²) in [5, 5.41) is 9.16. The topological polar surface area (TPSA) is 55.8 Å². The number of esters is 1. The first-order valence-electron chi connectivity index (χ1n) is 6.30. The first-order valence-corrected chi connectivity index (χ1v) is 6.30. The molecule has 0 radical (unpaired) electrons. The zero-order valence-electron chi connectivity index (χ0n) is 11.1. The molecule has 1 aliphatic heterocycles. The zero-order chi connectivity index (χ0) is 13.8. The van der Waals surface area contributed by atoms with Crippen molar-refractivity contribution in [1.29, 1.82) is 0 Å². The van der Waals surface area contributed by atoms with Crippen molar-refractivity contribution in [3.8, 4) is 5.75 Å². The molecule has 1 aromatic carbocycles. The largest absolute Gasteiger partial charge is 0.489 e. The molecule has 2 unspecified atom stereocenters. The van der Waals surface area contributed by atoms with Gasteiger partial charge in [-0.05, 0) is 29.3 Å². The Morgan fingerprint density at radius 2 is 2.42 bits per heavy atom. The van der Waals surface area contributed by atoms with E-state index in [-0.39, 0.29) is 24.6 Å². The average molecular weight is 262 g/mol. The van der Waals surface area contributed by atoms with Crippen molar-refractivity contribution < 1.29 is 19.4 Å². The molecule has 0 bridgehead atoms. The van der Waals surface area contributed by atoms with E-state index in [2.05, 4.69) is 4.74 Å². The summed E-state index contributed by atoms with van der Waals surface area (Å²) in [4.78, 5) is 11.0. The number of aliphatic hydroxyl groups is 1. The summed E-state index contributed by atoms with van der Waals surface area (Å²) in [5.41, 5.74) is 2.04. The van der Waals surface area contributed by atoms with Crippen LogP contribution in [0.5, 0.6) is 5.75 Å². The van der Waals surface area contributed by atoms with E-state index in [4.69, 9.17) is 9.84 Å². The summed E-state index contributed by atoms with van der Waals surface area (Å²) >= 11 is 0. The summed E-state index contributed by atoms with van der Waals surface area (Å²) in [7, 11) is 1.35. The van der Waals surface area contributed by atoms with Crippen LogP contribution in [0.15, 0.2) is 24.3 Å². The second kappa shape index (κ2) is 5.89. The number of aliphatic hydroxyl groups excluding tert-OH is 1. The van der Waals surface area contributed by atoms with Crippen molar-refractivity contribution in [3.63, 3.8) is 0 Å². The van der Waals surface area contributed by atoms with Gasteiger partial charge in [0.05, 0.1) is 7.11 Å². The molecule has 4 nitrogen and oxygen atoms in total. The molecule has 19 heavy (non-hydrogen) atoms. The molecular weight excluding hydrogens is 244 g/mol. The summed E-state index contributed by atoms with van der Waals surface area (Å²) in [6, 6.07) is 5.79. The van der Waals surface area contributed by atoms with E-state index in [1.54, 1.807) is 6.08 Å². The number of fused-ring (bicyclic) bond motifs is 1. The molecule has 1 heterocycles. The van der Waals surface area contributed by atoms with Gasteiger partial charge in [-0.25, -0.2) is 4.79 Å². The molecule has 0 aromatic heterocycles. The molecule has 0 aliphatic carbocycles. The van der Waals surface area contributed by atoms with E-state index in [1.807, 2.05) is 25.1 Å². The van der Waals surface area contributed by atoms with Crippen LogP contribution in [0, 0.1) is 5.92 Å². The molecule has 0 saturated carbocycles. The fraction of sp³-hybridized carbons (Fsp3) is 0.400. The van der Waals surface area contributed by atoms with E-state index in [1.165, 1.54) is 13.2 Å². The third-order valence-electron chi connectivity index (χ3n) is 3.32. The van der Waals surface area contributed by atoms with Crippen molar-refractivity contribution in [2.45, 2.75) is 19.4 Å². The first kappa shape index (κ1) is 13.6. The van der Waals surface area contributed by atoms with Gasteiger partial charge in [0.1, 0.15) is 11.9 Å². The second-order valence-corrected chi connectivity index (χ2v) is 4.74. The highest BCUT2D eigenvalue weighted by Gasteiger charge is 2.27. The van der Waals surface area contributed by atoms with Gasteiger partial charge in [-0.3, -0.25) is 0 Å². The molecule has 0 saturated heterocycles. The number of ether oxygens (including phenoxy) is 2. The van der Waals surface area contributed by atoms with E-state index >= 15 is 0 Å². The van der Waals surface area contributed by atoms with Gasteiger partial charge in [0.2, 0.25) is 0 Å². The summed E-state index contributed by atoms with van der Waals surface area (Å²) in [6.45, 7) is 2.09. The number of rotatable bonds is 4. The minimum absolute atomic E-state index is 0.0276. The summed E-state index contributed by atoms with van der Waals surface area (Å²) < 4.78 is 10.3. The van der Waals surface area contributed by atoms with Crippen molar-refractivity contribution in [2.24, 2.45) is 5.92 Å². The fourth-order valence-corrected chi connectivity index (χ4v) is 2.07. The quantitative estimate of drug-likeness (QED) is 0.664. The maximum absolute atomic E-state index is 11.0. The number of hydrogen-bond donors (Lipinski definition) is 1. The molecule has 2 atom stereocenters. The van der Waals surface area contributed by atoms with Crippen LogP contribution in [0.4, 0.5) is 0 Å². The average Bonchev–Trinajstić information content (AvgIpc) is 2.86. The Morgan fingerprint density at radius 3 is 3.11 bits per heavy atom. The zero-order valence-corrected chi connectivity index (χ0v) is 11.1. The molecular formula is C15H18O4. The van der Waals surface area contributed by atoms with Crippen molar-refractivity contribution in [3.05, 3.63) is 35.4 Å². The molecule has 4 heteroatoms. The Labute approximate surface area is 112 Å². The van der Waals surface area contributed by atoms with Crippen LogP contribution in [0.25, 0.3) is 6.08 Å². The highest BCUT2D eigenvalue weighted by Crippen LogP contribution is 2.32. The van der Waals surface area contributed by atoms with Gasteiger partial charge in [-0.15, -0.1) is 0 Å². The van der Waals surface area contributed by atoms with Gasteiger partial charge in [-0.2, -0.15) is 0 Å². The van der Waals surface area contributed by atoms with Crippen LogP contribution in [-0.2, 0) is 16.0 Å². The van der Waals surface area contributed by atoms with Gasteiger partial charge in [0.25, 0.3) is 0 Å². The number of carbonyl (C=O) groups excluding carboxylic acids is 1. The van der Waals surface area contributed by atoms with E-state index < -0.39 is 0 Å². The predicted octanol–water partition coefficient (Wildman–Crippen LogP) is 1.80. The van der Waals surface area contributed by atoms with Gasteiger partial charge < -0.3 is 14.6 Å². The third kappa shape index (κ3) is 3.15. The molecule has 1 N–H and O–H groups in total. The van der Waals surface area contributed by atoms with Crippen molar-refractivity contribution >= 4 is 12.0 Å². The maximum atomic E-state index is 11.0. The lowest BCUT2D eigenvalue weighted by Crippen LogP contribution is -2.25. The molecule has 1 aliphatic rings. The van der Waals surface area contributed by atoms with E-state index in [0.717, 1.165) is 23.3 Å². The Balaban J connectivity index is 2.11. The lowest BCUT2D eigenvalue weighted by molar-refractivity contribution is -0.134. The number of benzene rings is 1. The van der Waals surface area contributed by atoms with Gasteiger partial charge in [-0.1, -0.05) is 13.0 Å². The summed E-state index contributed by atoms with van der Waals surface area (Å²) in [5.74, 6) is 0.602. The van der Waals surface area contributed by atoms with Crippen LogP contribution in [0.3, 0.4) is 0 Å². The SMILES string of the molecule is COC(=O)C=Cc1ccc2c(c1)CC(C(C)CO)O2. The van der Waals surface area contributed by atoms with Crippen LogP contribution in [0.1, 0.15) is 18.1 Å². The second-order valence-electron chi connectivity index (χ2n) is 4.74. The molecule has 0 spiro atoms. The first-order chi connectivity index (χ1) is 9.13. The molecule has 2 rings (SSSR count). The van der Waals surface area contributed by atoms with Crippen LogP contribution >= 0.6 is 0 Å². The van der Waals surface area contributed by atoms with Gasteiger partial charge >= 0.3 is 5.97 Å². The Hall–Kier alpha value is -1.81. The Bertz CT molecular complexity index is 493. The van der Waals surface area contributed by atoms with Gasteiger partial charge in [0, 0.05) is 25.0 Å². The lowest BCUT2D eigenvalue weighted by atomic mass is 9.99. The number of carbonyl (C=O) groups is 1. The van der Waals surface area contributed by atoms with Crippen LogP contribution in [0.2, 0.25) is 0 Å². The lowest BCUT2D eigenvalue weighted by Gasteiger charge is -2.16. The highest BCUT2D eigenvalue weighted by molar-refractivity contribution is 5.87. The monoisotopic (exact) mass is 262 g/mol. The fourth-order valence-electron chi connectivity index (χ4n) is 2.07. The van der Waals surface area contributed by atoms with E-state index in [9.17, 15) is 4.79 Å². The van der Waals surface area contributed by atoms with Gasteiger partial charge in [0.15, 0.2) is 0 Å². The van der Waals surface area contributed by atoms with Crippen LogP contribution < -0.4 is 4.74 Å². The number of hydrogen-bond acceptors (Lipinski definition) is 4. The minimum Gasteiger partial charge on any atom is -0.489 e.